The Morgan fingerprint density at radius 3 is 2.78 bits per heavy atom. The van der Waals surface area contributed by atoms with Crippen molar-refractivity contribution in [3.05, 3.63) is 42.9 Å². The van der Waals surface area contributed by atoms with Crippen LogP contribution in [0.2, 0.25) is 0 Å². The topological polar surface area (TPSA) is 79.4 Å². The lowest BCUT2D eigenvalue weighted by atomic mass is 10.3. The Balaban J connectivity index is 1.90. The van der Waals surface area contributed by atoms with E-state index in [0.717, 1.165) is 13.0 Å². The molecule has 2 N–H and O–H groups in total. The maximum Gasteiger partial charge on any atom is 0.324 e. The quantitative estimate of drug-likeness (QED) is 0.767. The van der Waals surface area contributed by atoms with Gasteiger partial charge >= 0.3 is 6.03 Å². The van der Waals surface area contributed by atoms with E-state index in [1.165, 1.54) is 12.4 Å². The molecule has 2 rings (SSSR count). The number of benzene rings is 1. The molecule has 7 heteroatoms. The van der Waals surface area contributed by atoms with Crippen LogP contribution in [0.25, 0.3) is 0 Å². The van der Waals surface area contributed by atoms with Gasteiger partial charge in [0.15, 0.2) is 5.82 Å². The Morgan fingerprint density at radius 2 is 2.04 bits per heavy atom. The minimum Gasteiger partial charge on any atom is -0.491 e. The number of hydrogen-bond donors (Lipinski definition) is 2. The second-order valence-electron chi connectivity index (χ2n) is 5.17. The normalized spacial score (nSPS) is 10.4. The van der Waals surface area contributed by atoms with Crippen molar-refractivity contribution in [3.63, 3.8) is 0 Å². The largest absolute Gasteiger partial charge is 0.491 e. The number of hydrogen-bond acceptors (Lipinski definition) is 5. The van der Waals surface area contributed by atoms with E-state index in [-0.39, 0.29) is 0 Å². The lowest BCUT2D eigenvalue weighted by molar-refractivity contribution is 0.261. The van der Waals surface area contributed by atoms with E-state index in [0.29, 0.717) is 23.9 Å². The molecule has 0 spiro atoms. The van der Waals surface area contributed by atoms with Crippen LogP contribution in [0, 0.1) is 0 Å². The summed E-state index contributed by atoms with van der Waals surface area (Å²) < 4.78 is 5.74. The van der Waals surface area contributed by atoms with Gasteiger partial charge < -0.3 is 15.0 Å². The van der Waals surface area contributed by atoms with Crippen LogP contribution >= 0.6 is 0 Å². The summed E-state index contributed by atoms with van der Waals surface area (Å²) in [5, 5.41) is 5.37. The van der Waals surface area contributed by atoms with Gasteiger partial charge in [-0.2, -0.15) is 0 Å². The fourth-order valence-electron chi connectivity index (χ4n) is 1.89. The van der Waals surface area contributed by atoms with Gasteiger partial charge in [-0.15, -0.1) is 0 Å². The van der Waals surface area contributed by atoms with Gasteiger partial charge in [0.2, 0.25) is 0 Å². The van der Waals surface area contributed by atoms with Crippen LogP contribution in [0.5, 0.6) is 5.75 Å². The van der Waals surface area contributed by atoms with Crippen molar-refractivity contribution in [3.8, 4) is 5.75 Å². The van der Waals surface area contributed by atoms with Gasteiger partial charge in [-0.1, -0.05) is 12.1 Å². The second kappa shape index (κ2) is 8.70. The first-order valence-corrected chi connectivity index (χ1v) is 7.36. The van der Waals surface area contributed by atoms with Crippen LogP contribution in [-0.2, 0) is 0 Å². The molecule has 1 aromatic heterocycles. The van der Waals surface area contributed by atoms with Crippen LogP contribution in [0.15, 0.2) is 42.9 Å². The van der Waals surface area contributed by atoms with Crippen molar-refractivity contribution in [1.82, 2.24) is 14.9 Å². The average molecular weight is 315 g/mol. The molecule has 23 heavy (non-hydrogen) atoms. The zero-order valence-corrected chi connectivity index (χ0v) is 13.3. The van der Waals surface area contributed by atoms with Crippen molar-refractivity contribution in [2.75, 3.05) is 37.9 Å². The van der Waals surface area contributed by atoms with Crippen LogP contribution in [0.1, 0.15) is 6.42 Å². The van der Waals surface area contributed by atoms with E-state index < -0.39 is 6.03 Å². The molecular weight excluding hydrogens is 294 g/mol. The molecule has 1 aromatic carbocycles. The summed E-state index contributed by atoms with van der Waals surface area (Å²) in [6.07, 6.45) is 5.44. The highest BCUT2D eigenvalue weighted by Gasteiger charge is 2.08. The van der Waals surface area contributed by atoms with Gasteiger partial charge in [0.25, 0.3) is 0 Å². The zero-order valence-electron chi connectivity index (χ0n) is 13.3. The molecule has 0 aliphatic rings. The van der Waals surface area contributed by atoms with E-state index in [4.69, 9.17) is 4.74 Å². The minimum atomic E-state index is -0.394. The first-order valence-electron chi connectivity index (χ1n) is 7.36. The Hall–Kier alpha value is -2.67. The number of urea groups is 1. The van der Waals surface area contributed by atoms with E-state index in [2.05, 4.69) is 25.5 Å². The summed E-state index contributed by atoms with van der Waals surface area (Å²) in [7, 11) is 4.04. The summed E-state index contributed by atoms with van der Waals surface area (Å²) in [4.78, 5) is 22.0. The number of nitrogens with zero attached hydrogens (tertiary/aromatic N) is 3. The SMILES string of the molecule is CN(C)CCCOc1ccccc1NC(=O)Nc1cnccn1. The van der Waals surface area contributed by atoms with Gasteiger partial charge in [-0.25, -0.2) is 9.78 Å². The molecule has 0 bridgehead atoms. The van der Waals surface area contributed by atoms with Gasteiger partial charge in [-0.05, 0) is 32.6 Å². The molecule has 0 saturated heterocycles. The fraction of sp³-hybridized carbons (Fsp3) is 0.312. The summed E-state index contributed by atoms with van der Waals surface area (Å²) in [6.45, 7) is 1.53. The van der Waals surface area contributed by atoms with Gasteiger partial charge in [0.1, 0.15) is 5.75 Å². The third-order valence-electron chi connectivity index (χ3n) is 2.95. The number of nitrogens with one attached hydrogen (secondary N) is 2. The Kier molecular flexibility index (Phi) is 6.31. The number of amides is 2. The maximum absolute atomic E-state index is 12.0. The van der Waals surface area contributed by atoms with Crippen molar-refractivity contribution < 1.29 is 9.53 Å². The Morgan fingerprint density at radius 1 is 1.22 bits per heavy atom. The highest BCUT2D eigenvalue weighted by molar-refractivity contribution is 5.99. The summed E-state index contributed by atoms with van der Waals surface area (Å²) in [6, 6.07) is 6.93. The first-order chi connectivity index (χ1) is 11.1. The predicted molar refractivity (Wildman–Crippen MR) is 89.8 cm³/mol. The van der Waals surface area contributed by atoms with E-state index in [1.54, 1.807) is 12.3 Å². The van der Waals surface area contributed by atoms with E-state index in [1.807, 2.05) is 32.3 Å². The molecule has 1 heterocycles. The number of carbonyl (C=O) groups is 1. The molecule has 0 fully saturated rings. The standard InChI is InChI=1S/C16H21N5O2/c1-21(2)10-5-11-23-14-7-4-3-6-13(14)19-16(22)20-15-12-17-8-9-18-15/h3-4,6-9,12H,5,10-11H2,1-2H3,(H2,18,19,20,22). The molecule has 0 aliphatic carbocycles. The molecule has 7 nitrogen and oxygen atoms in total. The molecule has 2 aromatic rings. The summed E-state index contributed by atoms with van der Waals surface area (Å²) in [5.41, 5.74) is 0.610. The van der Waals surface area contributed by atoms with Gasteiger partial charge in [-0.3, -0.25) is 10.3 Å². The van der Waals surface area contributed by atoms with Crippen LogP contribution in [0.4, 0.5) is 16.3 Å². The number of anilines is 2. The average Bonchev–Trinajstić information content (AvgIpc) is 2.53. The van der Waals surface area contributed by atoms with Crippen LogP contribution in [0.3, 0.4) is 0 Å². The number of carbonyl (C=O) groups excluding carboxylic acids is 1. The molecular formula is C16H21N5O2. The summed E-state index contributed by atoms with van der Waals surface area (Å²) in [5.74, 6) is 1.02. The lowest BCUT2D eigenvalue weighted by Crippen LogP contribution is -2.21. The van der Waals surface area contributed by atoms with Gasteiger partial charge in [0, 0.05) is 18.9 Å². The van der Waals surface area contributed by atoms with E-state index in [9.17, 15) is 4.79 Å². The number of ether oxygens (including phenoxy) is 1. The molecule has 0 saturated carbocycles. The third kappa shape index (κ3) is 5.91. The zero-order chi connectivity index (χ0) is 16.5. The number of para-hydroxylation sites is 2. The first kappa shape index (κ1) is 16.7. The number of aromatic nitrogens is 2. The minimum absolute atomic E-state index is 0.384. The molecule has 0 radical (unpaired) electrons. The second-order valence-corrected chi connectivity index (χ2v) is 5.17. The van der Waals surface area contributed by atoms with Crippen LogP contribution in [-0.4, -0.2) is 48.1 Å². The predicted octanol–water partition coefficient (Wildman–Crippen LogP) is 2.45. The fourth-order valence-corrected chi connectivity index (χ4v) is 1.89. The third-order valence-corrected chi connectivity index (χ3v) is 2.95. The molecule has 0 atom stereocenters. The Bertz CT molecular complexity index is 619. The lowest BCUT2D eigenvalue weighted by Gasteiger charge is -2.14. The summed E-state index contributed by atoms with van der Waals surface area (Å²) >= 11 is 0. The van der Waals surface area contributed by atoms with E-state index >= 15 is 0 Å². The van der Waals surface area contributed by atoms with Crippen molar-refractivity contribution in [2.45, 2.75) is 6.42 Å². The maximum atomic E-state index is 12.0. The monoisotopic (exact) mass is 315 g/mol. The van der Waals surface area contributed by atoms with Crippen molar-refractivity contribution >= 4 is 17.5 Å². The van der Waals surface area contributed by atoms with Gasteiger partial charge in [0.05, 0.1) is 18.5 Å². The highest BCUT2D eigenvalue weighted by atomic mass is 16.5. The van der Waals surface area contributed by atoms with Crippen LogP contribution < -0.4 is 15.4 Å². The molecule has 0 unspecified atom stereocenters. The van der Waals surface area contributed by atoms with Crippen molar-refractivity contribution in [2.24, 2.45) is 0 Å². The number of rotatable bonds is 7. The molecule has 0 aliphatic heterocycles. The molecule has 122 valence electrons. The highest BCUT2D eigenvalue weighted by Crippen LogP contribution is 2.24. The Labute approximate surface area is 135 Å². The molecule has 2 amide bonds. The van der Waals surface area contributed by atoms with Crippen molar-refractivity contribution in [1.29, 1.82) is 0 Å². The smallest absolute Gasteiger partial charge is 0.324 e.